The zero-order chi connectivity index (χ0) is 19.4. The van der Waals surface area contributed by atoms with Gasteiger partial charge < -0.3 is 4.74 Å². The molecule has 4 nitrogen and oxygen atoms in total. The topological polar surface area (TPSA) is 44.1 Å². The molecule has 0 saturated carbocycles. The number of alkyl halides is 3. The van der Waals surface area contributed by atoms with Crippen LogP contribution in [-0.2, 0) is 12.7 Å². The Hall–Kier alpha value is -3.09. The quantitative estimate of drug-likeness (QED) is 0.666. The van der Waals surface area contributed by atoms with E-state index in [0.29, 0.717) is 17.9 Å². The van der Waals surface area contributed by atoms with E-state index in [2.05, 4.69) is 5.10 Å². The predicted octanol–water partition coefficient (Wildman–Crippen LogP) is 4.38. The van der Waals surface area contributed by atoms with Crippen molar-refractivity contribution in [2.45, 2.75) is 19.6 Å². The molecule has 0 bridgehead atoms. The summed E-state index contributed by atoms with van der Waals surface area (Å²) in [6.45, 7) is 2.40. The Labute approximate surface area is 153 Å². The molecule has 2 aromatic carbocycles. The van der Waals surface area contributed by atoms with E-state index in [4.69, 9.17) is 4.74 Å². The highest BCUT2D eigenvalue weighted by atomic mass is 19.4. The smallest absolute Gasteiger partial charge is 0.416 e. The molecule has 0 saturated heterocycles. The lowest BCUT2D eigenvalue weighted by molar-refractivity contribution is -0.137. The fourth-order valence-electron chi connectivity index (χ4n) is 2.62. The molecule has 0 aliphatic carbocycles. The van der Waals surface area contributed by atoms with Crippen LogP contribution in [0.4, 0.5) is 13.2 Å². The molecular formula is C20H17F3N2O2. The van der Waals surface area contributed by atoms with E-state index in [1.54, 1.807) is 18.2 Å². The Balaban J connectivity index is 1.89. The van der Waals surface area contributed by atoms with E-state index < -0.39 is 11.7 Å². The Morgan fingerprint density at radius 3 is 2.44 bits per heavy atom. The number of aromatic nitrogens is 2. The van der Waals surface area contributed by atoms with E-state index in [1.165, 1.54) is 18.2 Å². The summed E-state index contributed by atoms with van der Waals surface area (Å²) in [5.41, 5.74) is 0.530. The van der Waals surface area contributed by atoms with Gasteiger partial charge in [-0.3, -0.25) is 4.79 Å². The van der Waals surface area contributed by atoms with Crippen LogP contribution in [0.5, 0.6) is 5.75 Å². The first-order valence-corrected chi connectivity index (χ1v) is 8.34. The molecule has 0 radical (unpaired) electrons. The van der Waals surface area contributed by atoms with E-state index >= 15 is 0 Å². The maximum absolute atomic E-state index is 12.9. The Morgan fingerprint density at radius 2 is 1.78 bits per heavy atom. The number of hydrogen-bond donors (Lipinski definition) is 0. The van der Waals surface area contributed by atoms with Gasteiger partial charge in [0.05, 0.1) is 24.4 Å². The minimum Gasteiger partial charge on any atom is -0.494 e. The van der Waals surface area contributed by atoms with Crippen LogP contribution in [-0.4, -0.2) is 16.4 Å². The molecule has 0 aliphatic rings. The SMILES string of the molecule is CCOc1ccc(-c2ccc(=O)n(Cc3cccc(C(F)(F)F)c3)n2)cc1. The van der Waals surface area contributed by atoms with Gasteiger partial charge in [-0.15, -0.1) is 0 Å². The Morgan fingerprint density at radius 1 is 1.04 bits per heavy atom. The van der Waals surface area contributed by atoms with Gasteiger partial charge in [0, 0.05) is 11.6 Å². The molecule has 1 heterocycles. The van der Waals surface area contributed by atoms with Gasteiger partial charge in [-0.1, -0.05) is 12.1 Å². The van der Waals surface area contributed by atoms with Gasteiger partial charge in [-0.05, 0) is 55.0 Å². The maximum Gasteiger partial charge on any atom is 0.416 e. The van der Waals surface area contributed by atoms with Crippen molar-refractivity contribution >= 4 is 0 Å². The van der Waals surface area contributed by atoms with Crippen LogP contribution in [0, 0.1) is 0 Å². The summed E-state index contributed by atoms with van der Waals surface area (Å²) < 4.78 is 45.1. The summed E-state index contributed by atoms with van der Waals surface area (Å²) in [5, 5.41) is 4.29. The molecule has 0 N–H and O–H groups in total. The third kappa shape index (κ3) is 4.55. The van der Waals surface area contributed by atoms with Gasteiger partial charge in [-0.25, -0.2) is 4.68 Å². The lowest BCUT2D eigenvalue weighted by Crippen LogP contribution is -2.23. The number of rotatable bonds is 5. The average Bonchev–Trinajstić information content (AvgIpc) is 2.64. The molecule has 7 heteroatoms. The second kappa shape index (κ2) is 7.65. The number of nitrogens with zero attached hydrogens (tertiary/aromatic N) is 2. The van der Waals surface area contributed by atoms with Crippen molar-refractivity contribution in [3.63, 3.8) is 0 Å². The summed E-state index contributed by atoms with van der Waals surface area (Å²) in [7, 11) is 0. The van der Waals surface area contributed by atoms with Crippen LogP contribution >= 0.6 is 0 Å². The van der Waals surface area contributed by atoms with Gasteiger partial charge in [0.15, 0.2) is 0 Å². The molecule has 0 amide bonds. The second-order valence-corrected chi connectivity index (χ2v) is 5.87. The van der Waals surface area contributed by atoms with Gasteiger partial charge >= 0.3 is 6.18 Å². The van der Waals surface area contributed by atoms with Crippen LogP contribution in [0.1, 0.15) is 18.1 Å². The summed E-state index contributed by atoms with van der Waals surface area (Å²) in [6, 6.07) is 15.0. The van der Waals surface area contributed by atoms with Gasteiger partial charge in [0.1, 0.15) is 5.75 Å². The standard InChI is InChI=1S/C20H17F3N2O2/c1-2-27-17-8-6-15(7-9-17)18-10-11-19(26)25(24-18)13-14-4-3-5-16(12-14)20(21,22)23/h3-12H,2,13H2,1H3. The average molecular weight is 374 g/mol. The fourth-order valence-corrected chi connectivity index (χ4v) is 2.62. The first-order chi connectivity index (χ1) is 12.9. The van der Waals surface area contributed by atoms with E-state index in [-0.39, 0.29) is 12.1 Å². The molecule has 0 unspecified atom stereocenters. The highest BCUT2D eigenvalue weighted by molar-refractivity contribution is 5.59. The monoisotopic (exact) mass is 374 g/mol. The number of ether oxygens (including phenoxy) is 1. The highest BCUT2D eigenvalue weighted by Crippen LogP contribution is 2.29. The highest BCUT2D eigenvalue weighted by Gasteiger charge is 2.30. The van der Waals surface area contributed by atoms with E-state index in [9.17, 15) is 18.0 Å². The lowest BCUT2D eigenvalue weighted by atomic mass is 10.1. The molecule has 27 heavy (non-hydrogen) atoms. The van der Waals surface area contributed by atoms with Gasteiger partial charge in [-0.2, -0.15) is 18.3 Å². The molecule has 140 valence electrons. The first kappa shape index (κ1) is 18.7. The molecule has 3 rings (SSSR count). The molecule has 0 aliphatic heterocycles. The summed E-state index contributed by atoms with van der Waals surface area (Å²) >= 11 is 0. The summed E-state index contributed by atoms with van der Waals surface area (Å²) in [4.78, 5) is 12.1. The lowest BCUT2D eigenvalue weighted by Gasteiger charge is -2.11. The van der Waals surface area contributed by atoms with Gasteiger partial charge in [0.25, 0.3) is 5.56 Å². The second-order valence-electron chi connectivity index (χ2n) is 5.87. The molecule has 3 aromatic rings. The summed E-state index contributed by atoms with van der Waals surface area (Å²) in [5.74, 6) is 0.721. The van der Waals surface area contributed by atoms with Crippen molar-refractivity contribution in [3.05, 3.63) is 82.1 Å². The third-order valence-corrected chi connectivity index (χ3v) is 3.91. The Kier molecular flexibility index (Phi) is 5.30. The maximum atomic E-state index is 12.9. The van der Waals surface area contributed by atoms with Crippen molar-refractivity contribution in [1.82, 2.24) is 9.78 Å². The number of hydrogen-bond acceptors (Lipinski definition) is 3. The Bertz CT molecular complexity index is 980. The molecule has 0 spiro atoms. The van der Waals surface area contributed by atoms with Crippen molar-refractivity contribution in [2.75, 3.05) is 6.61 Å². The van der Waals surface area contributed by atoms with Crippen LogP contribution in [0.2, 0.25) is 0 Å². The zero-order valence-electron chi connectivity index (χ0n) is 14.5. The molecular weight excluding hydrogens is 357 g/mol. The van der Waals surface area contributed by atoms with Crippen LogP contribution in [0.25, 0.3) is 11.3 Å². The van der Waals surface area contributed by atoms with E-state index in [1.807, 2.05) is 19.1 Å². The van der Waals surface area contributed by atoms with E-state index in [0.717, 1.165) is 28.1 Å². The zero-order valence-corrected chi connectivity index (χ0v) is 14.5. The largest absolute Gasteiger partial charge is 0.494 e. The fraction of sp³-hybridized carbons (Fsp3) is 0.200. The first-order valence-electron chi connectivity index (χ1n) is 8.34. The van der Waals surface area contributed by atoms with Gasteiger partial charge in [0.2, 0.25) is 0 Å². The minimum atomic E-state index is -4.43. The van der Waals surface area contributed by atoms with Crippen LogP contribution < -0.4 is 10.3 Å². The molecule has 0 atom stereocenters. The van der Waals surface area contributed by atoms with Crippen LogP contribution in [0.3, 0.4) is 0 Å². The molecule has 0 fully saturated rings. The van der Waals surface area contributed by atoms with Crippen molar-refractivity contribution in [3.8, 4) is 17.0 Å². The number of benzene rings is 2. The normalized spacial score (nSPS) is 11.4. The van der Waals surface area contributed by atoms with Crippen LogP contribution in [0.15, 0.2) is 65.5 Å². The third-order valence-electron chi connectivity index (χ3n) is 3.91. The minimum absolute atomic E-state index is 0.0480. The van der Waals surface area contributed by atoms with Crippen molar-refractivity contribution < 1.29 is 17.9 Å². The summed E-state index contributed by atoms with van der Waals surface area (Å²) in [6.07, 6.45) is -4.43. The number of halogens is 3. The van der Waals surface area contributed by atoms with Crippen molar-refractivity contribution in [2.24, 2.45) is 0 Å². The molecule has 1 aromatic heterocycles. The van der Waals surface area contributed by atoms with Crippen molar-refractivity contribution in [1.29, 1.82) is 0 Å². The predicted molar refractivity (Wildman–Crippen MR) is 95.6 cm³/mol.